The van der Waals surface area contributed by atoms with E-state index in [1.54, 1.807) is 41.5 Å². The van der Waals surface area contributed by atoms with E-state index in [2.05, 4.69) is 5.20 Å². The monoisotopic (exact) mass is 224 g/mol. The molecule has 0 heterocycles. The molecule has 0 aliphatic heterocycles. The summed E-state index contributed by atoms with van der Waals surface area (Å²) >= 11 is 0. The minimum atomic E-state index is -3.42. The molecule has 0 saturated heterocycles. The molecule has 0 bridgehead atoms. The molecule has 0 aromatic carbocycles. The van der Waals surface area contributed by atoms with E-state index in [1.165, 1.54) is 0 Å². The Balaban J connectivity index is 4.59. The highest BCUT2D eigenvalue weighted by atomic mass is 31.2. The molecule has 0 unspecified atom stereocenters. The number of hydrogen-bond donors (Lipinski definition) is 2. The van der Waals surface area contributed by atoms with Crippen molar-refractivity contribution in [3.63, 3.8) is 0 Å². The average molecular weight is 224 g/mol. The molecule has 6 heteroatoms. The van der Waals surface area contributed by atoms with Gasteiger partial charge in [-0.1, -0.05) is 0 Å². The summed E-state index contributed by atoms with van der Waals surface area (Å²) in [5.74, 6) is 5.16. The quantitative estimate of drug-likeness (QED) is 0.436. The lowest BCUT2D eigenvalue weighted by atomic mass is 10.2. The average Bonchev–Trinajstić information content (AvgIpc) is 1.78. The second-order valence-corrected chi connectivity index (χ2v) is 6.65. The van der Waals surface area contributed by atoms with Crippen molar-refractivity contribution in [3.05, 3.63) is 0 Å². The molecule has 86 valence electrons. The minimum Gasteiger partial charge on any atom is -0.290 e. The molecule has 0 aliphatic rings. The number of nitrogens with two attached hydrogens (primary N) is 1. The van der Waals surface area contributed by atoms with Crippen LogP contribution in [0.5, 0.6) is 0 Å². The second-order valence-electron chi connectivity index (χ2n) is 5.03. The molecule has 5 nitrogen and oxygen atoms in total. The zero-order chi connectivity index (χ0) is 11.6. The van der Waals surface area contributed by atoms with Gasteiger partial charge in [0.2, 0.25) is 0 Å². The van der Waals surface area contributed by atoms with Crippen molar-refractivity contribution in [2.45, 2.75) is 52.7 Å². The predicted octanol–water partition coefficient (Wildman–Crippen LogP) is 2.19. The highest BCUT2D eigenvalue weighted by molar-refractivity contribution is 7.51. The zero-order valence-corrected chi connectivity index (χ0v) is 10.6. The maximum atomic E-state index is 11.9. The van der Waals surface area contributed by atoms with Gasteiger partial charge in [-0.25, -0.2) is 4.57 Å². The summed E-state index contributed by atoms with van der Waals surface area (Å²) in [4.78, 5) is 0. The molecule has 0 radical (unpaired) electrons. The van der Waals surface area contributed by atoms with Crippen molar-refractivity contribution in [1.82, 2.24) is 5.20 Å². The van der Waals surface area contributed by atoms with Crippen LogP contribution in [-0.2, 0) is 13.6 Å². The first-order valence-electron chi connectivity index (χ1n) is 4.47. The molecule has 3 N–H and O–H groups in total. The third-order valence-electron chi connectivity index (χ3n) is 0.946. The van der Waals surface area contributed by atoms with E-state index < -0.39 is 18.9 Å². The Bertz CT molecular complexity index is 210. The highest BCUT2D eigenvalue weighted by Gasteiger charge is 2.34. The maximum absolute atomic E-state index is 11.9. The lowest BCUT2D eigenvalue weighted by Crippen LogP contribution is -2.32. The van der Waals surface area contributed by atoms with Gasteiger partial charge in [-0.3, -0.25) is 14.9 Å². The Morgan fingerprint density at radius 3 is 1.43 bits per heavy atom. The van der Waals surface area contributed by atoms with E-state index in [1.807, 2.05) is 0 Å². The van der Waals surface area contributed by atoms with E-state index in [-0.39, 0.29) is 0 Å². The van der Waals surface area contributed by atoms with Crippen LogP contribution in [-0.4, -0.2) is 11.2 Å². The SMILES string of the molecule is CC(C)(C)OP(=O)(NN)OC(C)(C)C. The molecule has 0 amide bonds. The molecule has 0 atom stereocenters. The topological polar surface area (TPSA) is 73.6 Å². The van der Waals surface area contributed by atoms with Gasteiger partial charge in [0.25, 0.3) is 0 Å². The Kier molecular flexibility index (Phi) is 4.31. The van der Waals surface area contributed by atoms with Gasteiger partial charge >= 0.3 is 7.75 Å². The number of hydrogen-bond acceptors (Lipinski definition) is 4. The lowest BCUT2D eigenvalue weighted by molar-refractivity contribution is 0.0442. The lowest BCUT2D eigenvalue weighted by Gasteiger charge is -2.30. The van der Waals surface area contributed by atoms with Crippen molar-refractivity contribution < 1.29 is 13.6 Å². The van der Waals surface area contributed by atoms with Gasteiger partial charge in [0, 0.05) is 0 Å². The van der Waals surface area contributed by atoms with Gasteiger partial charge in [0.05, 0.1) is 11.2 Å². The van der Waals surface area contributed by atoms with Crippen LogP contribution >= 0.6 is 7.75 Å². The molecule has 0 spiro atoms. The zero-order valence-electron chi connectivity index (χ0n) is 9.75. The second kappa shape index (κ2) is 4.29. The summed E-state index contributed by atoms with van der Waals surface area (Å²) < 4.78 is 22.4. The molecule has 0 aromatic heterocycles. The van der Waals surface area contributed by atoms with E-state index in [4.69, 9.17) is 14.9 Å². The van der Waals surface area contributed by atoms with Crippen LogP contribution in [0.4, 0.5) is 0 Å². The van der Waals surface area contributed by atoms with Crippen LogP contribution in [0.3, 0.4) is 0 Å². The minimum absolute atomic E-state index is 0.576. The number of hydrazine groups is 1. The van der Waals surface area contributed by atoms with Crippen molar-refractivity contribution in [3.8, 4) is 0 Å². The fraction of sp³-hybridized carbons (Fsp3) is 1.00. The predicted molar refractivity (Wildman–Crippen MR) is 56.6 cm³/mol. The molecular weight excluding hydrogens is 203 g/mol. The summed E-state index contributed by atoms with van der Waals surface area (Å²) in [6.07, 6.45) is 0. The van der Waals surface area contributed by atoms with Crippen LogP contribution < -0.4 is 11.0 Å². The fourth-order valence-corrected chi connectivity index (χ4v) is 2.38. The summed E-state index contributed by atoms with van der Waals surface area (Å²) in [7, 11) is -3.42. The normalized spacial score (nSPS) is 14.5. The smallest absolute Gasteiger partial charge is 0.290 e. The molecule has 0 aromatic rings. The van der Waals surface area contributed by atoms with Crippen molar-refractivity contribution in [2.24, 2.45) is 5.84 Å². The number of nitrogens with one attached hydrogen (secondary N) is 1. The van der Waals surface area contributed by atoms with Gasteiger partial charge in [-0.15, -0.1) is 0 Å². The first-order chi connectivity index (χ1) is 5.97. The largest absolute Gasteiger partial charge is 0.419 e. The van der Waals surface area contributed by atoms with E-state index in [0.717, 1.165) is 0 Å². The van der Waals surface area contributed by atoms with Crippen molar-refractivity contribution in [2.75, 3.05) is 0 Å². The van der Waals surface area contributed by atoms with Gasteiger partial charge in [-0.05, 0) is 41.5 Å². The molecular formula is C8H21N2O3P. The Labute approximate surface area is 85.9 Å². The standard InChI is InChI=1S/C8H21N2O3P/c1-7(2,3)12-14(11,10-9)13-8(4,5)6/h9H2,1-6H3,(H,10,11). The third kappa shape index (κ3) is 6.51. The summed E-state index contributed by atoms with van der Waals surface area (Å²) in [6, 6.07) is 0. The van der Waals surface area contributed by atoms with Gasteiger partial charge in [0.15, 0.2) is 0 Å². The van der Waals surface area contributed by atoms with Crippen LogP contribution in [0.1, 0.15) is 41.5 Å². The first kappa shape index (κ1) is 14.1. The van der Waals surface area contributed by atoms with Crippen molar-refractivity contribution >= 4 is 7.75 Å². The van der Waals surface area contributed by atoms with E-state index in [9.17, 15) is 4.57 Å². The molecule has 0 fully saturated rings. The summed E-state index contributed by atoms with van der Waals surface area (Å²) in [5, 5.41) is 2.10. The maximum Gasteiger partial charge on any atom is 0.419 e. The highest BCUT2D eigenvalue weighted by Crippen LogP contribution is 2.49. The Morgan fingerprint density at radius 1 is 1.00 bits per heavy atom. The fourth-order valence-electron chi connectivity index (χ4n) is 0.792. The summed E-state index contributed by atoms with van der Waals surface area (Å²) in [6.45, 7) is 10.7. The molecule has 0 aliphatic carbocycles. The molecule has 14 heavy (non-hydrogen) atoms. The van der Waals surface area contributed by atoms with Crippen LogP contribution in [0, 0.1) is 0 Å². The van der Waals surface area contributed by atoms with E-state index in [0.29, 0.717) is 0 Å². The molecule has 0 saturated carbocycles. The third-order valence-corrected chi connectivity index (χ3v) is 2.84. The van der Waals surface area contributed by atoms with Crippen LogP contribution in [0.2, 0.25) is 0 Å². The van der Waals surface area contributed by atoms with Gasteiger partial charge < -0.3 is 0 Å². The molecule has 0 rings (SSSR count). The van der Waals surface area contributed by atoms with E-state index >= 15 is 0 Å². The van der Waals surface area contributed by atoms with Gasteiger partial charge in [0.1, 0.15) is 0 Å². The number of rotatable bonds is 3. The van der Waals surface area contributed by atoms with Crippen LogP contribution in [0.15, 0.2) is 0 Å². The first-order valence-corrected chi connectivity index (χ1v) is 6.01. The Morgan fingerprint density at radius 2 is 1.29 bits per heavy atom. The van der Waals surface area contributed by atoms with Crippen LogP contribution in [0.25, 0.3) is 0 Å². The summed E-state index contributed by atoms with van der Waals surface area (Å²) in [5.41, 5.74) is -1.15. The van der Waals surface area contributed by atoms with Gasteiger partial charge in [-0.2, -0.15) is 5.20 Å². The Hall–Kier alpha value is 0.0700. The van der Waals surface area contributed by atoms with Crippen molar-refractivity contribution in [1.29, 1.82) is 0 Å².